The zero-order valence-electron chi connectivity index (χ0n) is 15.9. The molecule has 0 fully saturated rings. The van der Waals surface area contributed by atoms with Crippen molar-refractivity contribution in [3.63, 3.8) is 0 Å². The van der Waals surface area contributed by atoms with Crippen LogP contribution in [0.2, 0.25) is 0 Å². The molecule has 0 unspecified atom stereocenters. The molecule has 0 aliphatic heterocycles. The van der Waals surface area contributed by atoms with E-state index in [0.29, 0.717) is 24.4 Å². The molecule has 5 nitrogen and oxygen atoms in total. The monoisotopic (exact) mass is 366 g/mol. The molecule has 0 aromatic heterocycles. The summed E-state index contributed by atoms with van der Waals surface area (Å²) in [5.41, 5.74) is 3.86. The summed E-state index contributed by atoms with van der Waals surface area (Å²) in [5, 5.41) is 2.90. The van der Waals surface area contributed by atoms with E-state index in [2.05, 4.69) is 34.5 Å². The third-order valence-corrected chi connectivity index (χ3v) is 4.87. The number of esters is 1. The Labute approximate surface area is 160 Å². The second kappa shape index (κ2) is 8.82. The van der Waals surface area contributed by atoms with E-state index in [1.165, 1.54) is 11.1 Å². The lowest BCUT2D eigenvalue weighted by Gasteiger charge is -2.24. The number of nitrogens with one attached hydrogen (secondary N) is 1. The first-order valence-electron chi connectivity index (χ1n) is 9.43. The van der Waals surface area contributed by atoms with E-state index < -0.39 is 0 Å². The van der Waals surface area contributed by atoms with Crippen LogP contribution in [0.1, 0.15) is 47.3 Å². The minimum absolute atomic E-state index is 0.0665. The van der Waals surface area contributed by atoms with E-state index in [4.69, 9.17) is 4.74 Å². The number of ether oxygens (including phenoxy) is 1. The van der Waals surface area contributed by atoms with E-state index in [0.717, 1.165) is 19.3 Å². The molecule has 1 aliphatic carbocycles. The lowest BCUT2D eigenvalue weighted by molar-refractivity contribution is -0.117. The third-order valence-electron chi connectivity index (χ3n) is 4.87. The van der Waals surface area contributed by atoms with Crippen molar-refractivity contribution in [1.29, 1.82) is 0 Å². The van der Waals surface area contributed by atoms with Crippen molar-refractivity contribution in [2.45, 2.75) is 32.2 Å². The molecule has 0 saturated carbocycles. The van der Waals surface area contributed by atoms with Crippen molar-refractivity contribution in [1.82, 2.24) is 4.90 Å². The molecule has 5 heteroatoms. The number of carbonyl (C=O) groups excluding carboxylic acids is 2. The van der Waals surface area contributed by atoms with Gasteiger partial charge in [0, 0.05) is 11.7 Å². The SMILES string of the molecule is CCCOC(=O)c1ccc(NC(=O)CN(C)[C@H]2CCc3ccccc32)cc1. The Bertz CT molecular complexity index is 801. The average molecular weight is 366 g/mol. The number of nitrogens with zero attached hydrogens (tertiary/aromatic N) is 1. The quantitative estimate of drug-likeness (QED) is 0.757. The third kappa shape index (κ3) is 4.74. The number of rotatable bonds is 7. The van der Waals surface area contributed by atoms with Gasteiger partial charge in [-0.05, 0) is 61.7 Å². The average Bonchev–Trinajstić information content (AvgIpc) is 3.11. The maximum Gasteiger partial charge on any atom is 0.338 e. The van der Waals surface area contributed by atoms with Crippen molar-refractivity contribution in [3.05, 3.63) is 65.2 Å². The van der Waals surface area contributed by atoms with Gasteiger partial charge in [0.1, 0.15) is 0 Å². The van der Waals surface area contributed by atoms with Gasteiger partial charge in [0.25, 0.3) is 0 Å². The summed E-state index contributed by atoms with van der Waals surface area (Å²) >= 11 is 0. The van der Waals surface area contributed by atoms with Gasteiger partial charge in [0.05, 0.1) is 18.7 Å². The first-order chi connectivity index (χ1) is 13.1. The highest BCUT2D eigenvalue weighted by atomic mass is 16.5. The van der Waals surface area contributed by atoms with E-state index in [1.807, 2.05) is 14.0 Å². The summed E-state index contributed by atoms with van der Waals surface area (Å²) in [6, 6.07) is 15.5. The molecule has 2 aromatic carbocycles. The topological polar surface area (TPSA) is 58.6 Å². The summed E-state index contributed by atoms with van der Waals surface area (Å²) in [5.74, 6) is -0.405. The Kier molecular flexibility index (Phi) is 6.24. The number of anilines is 1. The van der Waals surface area contributed by atoms with Crippen molar-refractivity contribution < 1.29 is 14.3 Å². The summed E-state index contributed by atoms with van der Waals surface area (Å²) < 4.78 is 5.10. The van der Waals surface area contributed by atoms with Crippen LogP contribution in [0.5, 0.6) is 0 Å². The van der Waals surface area contributed by atoms with Gasteiger partial charge in [-0.1, -0.05) is 31.2 Å². The first-order valence-corrected chi connectivity index (χ1v) is 9.43. The zero-order chi connectivity index (χ0) is 19.2. The van der Waals surface area contributed by atoms with Crippen LogP contribution < -0.4 is 5.32 Å². The van der Waals surface area contributed by atoms with Crippen LogP contribution in [0.4, 0.5) is 5.69 Å². The first kappa shape index (κ1) is 19.1. The number of fused-ring (bicyclic) bond motifs is 1. The lowest BCUT2D eigenvalue weighted by atomic mass is 10.1. The molecule has 1 atom stereocenters. The molecule has 0 heterocycles. The van der Waals surface area contributed by atoms with Gasteiger partial charge in [-0.3, -0.25) is 9.69 Å². The van der Waals surface area contributed by atoms with Crippen LogP contribution in [-0.2, 0) is 16.0 Å². The van der Waals surface area contributed by atoms with Crippen molar-refractivity contribution in [2.24, 2.45) is 0 Å². The Balaban J connectivity index is 1.54. The molecule has 1 amide bonds. The van der Waals surface area contributed by atoms with Crippen molar-refractivity contribution in [3.8, 4) is 0 Å². The summed E-state index contributed by atoms with van der Waals surface area (Å²) in [4.78, 5) is 26.3. The van der Waals surface area contributed by atoms with Crippen LogP contribution in [0, 0.1) is 0 Å². The molecule has 1 N–H and O–H groups in total. The van der Waals surface area contributed by atoms with Crippen LogP contribution >= 0.6 is 0 Å². The van der Waals surface area contributed by atoms with Gasteiger partial charge in [0.15, 0.2) is 0 Å². The lowest BCUT2D eigenvalue weighted by Crippen LogP contribution is -2.32. The summed E-state index contributed by atoms with van der Waals surface area (Å²) in [6.07, 6.45) is 2.89. The van der Waals surface area contributed by atoms with Gasteiger partial charge in [0.2, 0.25) is 5.91 Å². The second-order valence-corrected chi connectivity index (χ2v) is 6.93. The Morgan fingerprint density at radius 1 is 1.15 bits per heavy atom. The molecule has 0 bridgehead atoms. The highest BCUT2D eigenvalue weighted by molar-refractivity contribution is 5.94. The summed E-state index contributed by atoms with van der Waals surface area (Å²) in [6.45, 7) is 2.68. The minimum Gasteiger partial charge on any atom is -0.462 e. The Morgan fingerprint density at radius 3 is 2.63 bits per heavy atom. The number of likely N-dealkylation sites (N-methyl/N-ethyl adjacent to an activating group) is 1. The molecule has 0 spiro atoms. The number of benzene rings is 2. The molecule has 1 aliphatic rings. The van der Waals surface area contributed by atoms with Gasteiger partial charge in [-0.2, -0.15) is 0 Å². The van der Waals surface area contributed by atoms with Crippen LogP contribution in [0.3, 0.4) is 0 Å². The highest BCUT2D eigenvalue weighted by Crippen LogP contribution is 2.34. The fraction of sp³-hybridized carbons (Fsp3) is 0.364. The molecule has 0 saturated heterocycles. The molecule has 3 rings (SSSR count). The molecule has 142 valence electrons. The molecular weight excluding hydrogens is 340 g/mol. The zero-order valence-corrected chi connectivity index (χ0v) is 15.9. The number of aryl methyl sites for hydroxylation is 1. The Hall–Kier alpha value is -2.66. The van der Waals surface area contributed by atoms with E-state index in [-0.39, 0.29) is 17.9 Å². The number of hydrogen-bond donors (Lipinski definition) is 1. The van der Waals surface area contributed by atoms with E-state index >= 15 is 0 Å². The molecule has 27 heavy (non-hydrogen) atoms. The predicted molar refractivity (Wildman–Crippen MR) is 106 cm³/mol. The maximum atomic E-state index is 12.4. The highest BCUT2D eigenvalue weighted by Gasteiger charge is 2.26. The van der Waals surface area contributed by atoms with E-state index in [1.54, 1.807) is 24.3 Å². The Morgan fingerprint density at radius 2 is 1.89 bits per heavy atom. The van der Waals surface area contributed by atoms with Gasteiger partial charge < -0.3 is 10.1 Å². The fourth-order valence-electron chi connectivity index (χ4n) is 3.50. The van der Waals surface area contributed by atoms with Crippen LogP contribution in [0.25, 0.3) is 0 Å². The van der Waals surface area contributed by atoms with Gasteiger partial charge in [-0.25, -0.2) is 4.79 Å². The van der Waals surface area contributed by atoms with Crippen molar-refractivity contribution in [2.75, 3.05) is 25.5 Å². The normalized spacial score (nSPS) is 15.4. The maximum absolute atomic E-state index is 12.4. The van der Waals surface area contributed by atoms with Crippen molar-refractivity contribution >= 4 is 17.6 Å². The predicted octanol–water partition coefficient (Wildman–Crippen LogP) is 3.81. The van der Waals surface area contributed by atoms with Crippen LogP contribution in [0.15, 0.2) is 48.5 Å². The number of hydrogen-bond acceptors (Lipinski definition) is 4. The number of amides is 1. The van der Waals surface area contributed by atoms with Gasteiger partial charge in [-0.15, -0.1) is 0 Å². The molecule has 2 aromatic rings. The smallest absolute Gasteiger partial charge is 0.338 e. The molecular formula is C22H26N2O3. The number of carbonyl (C=O) groups is 2. The summed E-state index contributed by atoms with van der Waals surface area (Å²) in [7, 11) is 1.99. The largest absolute Gasteiger partial charge is 0.462 e. The van der Waals surface area contributed by atoms with E-state index in [9.17, 15) is 9.59 Å². The fourth-order valence-corrected chi connectivity index (χ4v) is 3.50. The molecule has 0 radical (unpaired) electrons. The van der Waals surface area contributed by atoms with Gasteiger partial charge >= 0.3 is 5.97 Å². The standard InChI is InChI=1S/C22H26N2O3/c1-3-14-27-22(26)17-8-11-18(12-9-17)23-21(25)15-24(2)20-13-10-16-6-4-5-7-19(16)20/h4-9,11-12,20H,3,10,13-15H2,1-2H3,(H,23,25)/t20-/m0/s1. The second-order valence-electron chi connectivity index (χ2n) is 6.93. The minimum atomic E-state index is -0.339. The van der Waals surface area contributed by atoms with Crippen LogP contribution in [-0.4, -0.2) is 37.0 Å².